The molecule has 4 nitrogen and oxygen atoms in total. The van der Waals surface area contributed by atoms with E-state index in [-0.39, 0.29) is 5.91 Å². The zero-order valence-electron chi connectivity index (χ0n) is 16.3. The van der Waals surface area contributed by atoms with E-state index in [4.69, 9.17) is 21.3 Å². The molecule has 0 spiro atoms. The summed E-state index contributed by atoms with van der Waals surface area (Å²) < 4.78 is 5.42. The van der Waals surface area contributed by atoms with Gasteiger partial charge in [-0.05, 0) is 53.7 Å². The van der Waals surface area contributed by atoms with Crippen molar-refractivity contribution in [1.82, 2.24) is 4.90 Å². The lowest BCUT2D eigenvalue weighted by Gasteiger charge is -2.15. The van der Waals surface area contributed by atoms with Crippen molar-refractivity contribution < 1.29 is 9.53 Å². The van der Waals surface area contributed by atoms with E-state index < -0.39 is 0 Å². The van der Waals surface area contributed by atoms with Crippen LogP contribution in [0, 0.1) is 0 Å². The van der Waals surface area contributed by atoms with Gasteiger partial charge in [0.05, 0.1) is 24.2 Å². The molecule has 0 unspecified atom stereocenters. The normalized spacial score (nSPS) is 16.5. The quantitative estimate of drug-likeness (QED) is 0.452. The Labute approximate surface area is 184 Å². The van der Waals surface area contributed by atoms with Gasteiger partial charge in [-0.2, -0.15) is 0 Å². The first-order chi connectivity index (χ1) is 14.6. The van der Waals surface area contributed by atoms with Crippen LogP contribution in [-0.4, -0.2) is 23.1 Å². The molecule has 0 radical (unpaired) electrons. The number of methoxy groups -OCH3 is 1. The van der Waals surface area contributed by atoms with Gasteiger partial charge in [-0.25, -0.2) is 4.99 Å². The zero-order valence-corrected chi connectivity index (χ0v) is 17.9. The number of amidine groups is 1. The average molecular weight is 435 g/mol. The van der Waals surface area contributed by atoms with Gasteiger partial charge in [0.1, 0.15) is 5.75 Å². The molecule has 1 amide bonds. The van der Waals surface area contributed by atoms with E-state index in [2.05, 4.69) is 0 Å². The fourth-order valence-corrected chi connectivity index (χ4v) is 4.24. The topological polar surface area (TPSA) is 41.9 Å². The summed E-state index contributed by atoms with van der Waals surface area (Å²) in [6.07, 6.45) is 1.81. The number of hydrogen-bond donors (Lipinski definition) is 0. The van der Waals surface area contributed by atoms with Crippen LogP contribution in [0.2, 0.25) is 5.02 Å². The van der Waals surface area contributed by atoms with Crippen LogP contribution in [0.3, 0.4) is 0 Å². The van der Waals surface area contributed by atoms with Crippen molar-refractivity contribution in [3.05, 3.63) is 99.9 Å². The van der Waals surface area contributed by atoms with E-state index >= 15 is 0 Å². The first kappa shape index (κ1) is 20.3. The smallest absolute Gasteiger partial charge is 0.267 e. The average Bonchev–Trinajstić information content (AvgIpc) is 3.04. The van der Waals surface area contributed by atoms with E-state index in [1.165, 1.54) is 11.8 Å². The number of benzene rings is 3. The second-order valence-corrected chi connectivity index (χ2v) is 8.05. The zero-order chi connectivity index (χ0) is 20.9. The van der Waals surface area contributed by atoms with Crippen molar-refractivity contribution in [1.29, 1.82) is 0 Å². The third-order valence-corrected chi connectivity index (χ3v) is 5.77. The fourth-order valence-electron chi connectivity index (χ4n) is 3.07. The number of carbonyl (C=O) groups excluding carboxylic acids is 1. The Kier molecular flexibility index (Phi) is 6.21. The van der Waals surface area contributed by atoms with Crippen molar-refractivity contribution in [3.8, 4) is 5.75 Å². The third kappa shape index (κ3) is 4.58. The Morgan fingerprint density at radius 3 is 2.43 bits per heavy atom. The monoisotopic (exact) mass is 434 g/mol. The van der Waals surface area contributed by atoms with Crippen LogP contribution in [0.4, 0.5) is 5.69 Å². The SMILES string of the molecule is COc1ccc(Cl)cc1/C=C1/SC(=Nc2ccccc2)N(Cc2ccccc2)C1=O. The van der Waals surface area contributed by atoms with E-state index in [1.54, 1.807) is 30.2 Å². The van der Waals surface area contributed by atoms with Crippen molar-refractivity contribution in [3.63, 3.8) is 0 Å². The molecular formula is C24H19ClN2O2S. The summed E-state index contributed by atoms with van der Waals surface area (Å²) in [6, 6.07) is 24.8. The fraction of sp³-hybridized carbons (Fsp3) is 0.0833. The molecule has 0 aliphatic carbocycles. The minimum atomic E-state index is -0.0967. The van der Waals surface area contributed by atoms with Gasteiger partial charge in [-0.3, -0.25) is 9.69 Å². The highest BCUT2D eigenvalue weighted by Crippen LogP contribution is 2.37. The summed E-state index contributed by atoms with van der Waals surface area (Å²) in [6.45, 7) is 0.447. The van der Waals surface area contributed by atoms with Crippen LogP contribution in [0.5, 0.6) is 5.75 Å². The lowest BCUT2D eigenvalue weighted by molar-refractivity contribution is -0.122. The molecule has 3 aromatic rings. The number of para-hydroxylation sites is 1. The van der Waals surface area contributed by atoms with Gasteiger partial charge in [-0.1, -0.05) is 60.1 Å². The molecule has 1 aliphatic rings. The second-order valence-electron chi connectivity index (χ2n) is 6.60. The van der Waals surface area contributed by atoms with E-state index in [0.29, 0.717) is 27.4 Å². The lowest BCUT2D eigenvalue weighted by Crippen LogP contribution is -2.28. The maximum absolute atomic E-state index is 13.3. The molecule has 0 atom stereocenters. The summed E-state index contributed by atoms with van der Waals surface area (Å²) in [5.41, 5.74) is 2.59. The van der Waals surface area contributed by atoms with Gasteiger partial charge in [0.2, 0.25) is 0 Å². The van der Waals surface area contributed by atoms with Crippen molar-refractivity contribution in [2.24, 2.45) is 4.99 Å². The molecule has 3 aromatic carbocycles. The van der Waals surface area contributed by atoms with Crippen LogP contribution in [0.25, 0.3) is 6.08 Å². The summed E-state index contributed by atoms with van der Waals surface area (Å²) in [5.74, 6) is 0.559. The van der Waals surface area contributed by atoms with Crippen molar-refractivity contribution in [2.75, 3.05) is 7.11 Å². The molecule has 1 aliphatic heterocycles. The summed E-state index contributed by atoms with van der Waals surface area (Å²) in [4.78, 5) is 20.3. The predicted octanol–water partition coefficient (Wildman–Crippen LogP) is 6.15. The van der Waals surface area contributed by atoms with Crippen LogP contribution in [0.15, 0.2) is 88.8 Å². The van der Waals surface area contributed by atoms with Crippen LogP contribution < -0.4 is 4.74 Å². The van der Waals surface area contributed by atoms with Gasteiger partial charge >= 0.3 is 0 Å². The molecule has 1 heterocycles. The van der Waals surface area contributed by atoms with E-state index in [1.807, 2.05) is 66.7 Å². The summed E-state index contributed by atoms with van der Waals surface area (Å²) in [5, 5.41) is 1.22. The van der Waals surface area contributed by atoms with Crippen molar-refractivity contribution in [2.45, 2.75) is 6.54 Å². The summed E-state index contributed by atoms with van der Waals surface area (Å²) in [7, 11) is 1.60. The largest absolute Gasteiger partial charge is 0.496 e. The maximum Gasteiger partial charge on any atom is 0.267 e. The van der Waals surface area contributed by atoms with Gasteiger partial charge in [-0.15, -0.1) is 0 Å². The number of halogens is 1. The molecule has 30 heavy (non-hydrogen) atoms. The highest BCUT2D eigenvalue weighted by Gasteiger charge is 2.33. The second kappa shape index (κ2) is 9.20. The molecule has 4 rings (SSSR count). The lowest BCUT2D eigenvalue weighted by atomic mass is 10.1. The first-order valence-corrected chi connectivity index (χ1v) is 10.6. The number of aliphatic imine (C=N–C) groups is 1. The first-order valence-electron chi connectivity index (χ1n) is 9.36. The number of nitrogens with zero attached hydrogens (tertiary/aromatic N) is 2. The third-order valence-electron chi connectivity index (χ3n) is 4.53. The van der Waals surface area contributed by atoms with Crippen LogP contribution in [-0.2, 0) is 11.3 Å². The van der Waals surface area contributed by atoms with Gasteiger partial charge in [0.15, 0.2) is 5.17 Å². The van der Waals surface area contributed by atoms with Crippen LogP contribution in [0.1, 0.15) is 11.1 Å². The Morgan fingerprint density at radius 1 is 1.03 bits per heavy atom. The molecule has 0 bridgehead atoms. The number of hydrogen-bond acceptors (Lipinski definition) is 4. The maximum atomic E-state index is 13.3. The Morgan fingerprint density at radius 2 is 1.73 bits per heavy atom. The van der Waals surface area contributed by atoms with Gasteiger partial charge < -0.3 is 4.74 Å². The van der Waals surface area contributed by atoms with Crippen molar-refractivity contribution >= 4 is 46.2 Å². The number of ether oxygens (including phenoxy) is 1. The van der Waals surface area contributed by atoms with E-state index in [0.717, 1.165) is 16.8 Å². The number of amides is 1. The molecular weight excluding hydrogens is 416 g/mol. The molecule has 150 valence electrons. The number of rotatable bonds is 5. The summed E-state index contributed by atoms with van der Waals surface area (Å²) >= 11 is 7.51. The molecule has 0 N–H and O–H groups in total. The van der Waals surface area contributed by atoms with E-state index in [9.17, 15) is 4.79 Å². The minimum absolute atomic E-state index is 0.0967. The number of thioether (sulfide) groups is 1. The highest BCUT2D eigenvalue weighted by atomic mass is 35.5. The minimum Gasteiger partial charge on any atom is -0.496 e. The molecule has 0 saturated carbocycles. The molecule has 1 saturated heterocycles. The van der Waals surface area contributed by atoms with Crippen LogP contribution >= 0.6 is 23.4 Å². The standard InChI is InChI=1S/C24H19ClN2O2S/c1-29-21-13-12-19(25)14-18(21)15-22-23(28)27(16-17-8-4-2-5-9-17)24(30-22)26-20-10-6-3-7-11-20/h2-15H,16H2,1H3/b22-15+,26-24?. The predicted molar refractivity (Wildman–Crippen MR) is 124 cm³/mol. The molecule has 0 aromatic heterocycles. The Bertz CT molecular complexity index is 1110. The number of carbonyl (C=O) groups is 1. The Balaban J connectivity index is 1.73. The highest BCUT2D eigenvalue weighted by molar-refractivity contribution is 8.18. The molecule has 1 fully saturated rings. The Hall–Kier alpha value is -3.02. The van der Waals surface area contributed by atoms with Gasteiger partial charge in [0.25, 0.3) is 5.91 Å². The molecule has 6 heteroatoms. The van der Waals surface area contributed by atoms with Gasteiger partial charge in [0, 0.05) is 10.6 Å².